The first-order valence-electron chi connectivity index (χ1n) is 7.18. The molecular weight excluding hydrogens is 266 g/mol. The topological polar surface area (TPSA) is 71.8 Å². The van der Waals surface area contributed by atoms with Crippen LogP contribution in [0.1, 0.15) is 32.0 Å². The Bertz CT molecular complexity index is 566. The Morgan fingerprint density at radius 1 is 1.33 bits per heavy atom. The number of nitrogens with one attached hydrogen (secondary N) is 2. The highest BCUT2D eigenvalue weighted by Crippen LogP contribution is 2.11. The largest absolute Gasteiger partial charge is 0.324 e. The molecule has 0 aliphatic heterocycles. The number of para-hydroxylation sites is 1. The summed E-state index contributed by atoms with van der Waals surface area (Å²) in [6, 6.07) is 8.97. The number of anilines is 1. The summed E-state index contributed by atoms with van der Waals surface area (Å²) in [4.78, 5) is 12.2. The molecule has 1 atom stereocenters. The van der Waals surface area contributed by atoms with Crippen molar-refractivity contribution >= 4 is 11.6 Å². The number of benzene rings is 1. The van der Waals surface area contributed by atoms with Crippen LogP contribution in [-0.4, -0.2) is 27.4 Å². The molecule has 1 aromatic heterocycles. The van der Waals surface area contributed by atoms with Crippen molar-refractivity contribution in [1.29, 1.82) is 0 Å². The van der Waals surface area contributed by atoms with Crippen LogP contribution in [0.15, 0.2) is 36.5 Å². The van der Waals surface area contributed by atoms with Crippen molar-refractivity contribution in [2.45, 2.75) is 32.9 Å². The van der Waals surface area contributed by atoms with E-state index in [0.29, 0.717) is 6.54 Å². The van der Waals surface area contributed by atoms with E-state index in [1.165, 1.54) is 0 Å². The van der Waals surface area contributed by atoms with Crippen LogP contribution in [-0.2, 0) is 11.3 Å². The standard InChI is InChI=1S/C15H21N5O/c1-3-9-16-10-14-11-20(19-18-14)12(2)15(21)17-13-7-5-4-6-8-13/h4-8,11-12,16H,3,9-10H2,1-2H3,(H,17,21). The monoisotopic (exact) mass is 287 g/mol. The lowest BCUT2D eigenvalue weighted by atomic mass is 10.2. The Kier molecular flexibility index (Phi) is 5.45. The van der Waals surface area contributed by atoms with E-state index >= 15 is 0 Å². The van der Waals surface area contributed by atoms with Crippen LogP contribution < -0.4 is 10.6 Å². The third-order valence-electron chi connectivity index (χ3n) is 3.11. The van der Waals surface area contributed by atoms with Crippen molar-refractivity contribution in [1.82, 2.24) is 20.3 Å². The second kappa shape index (κ2) is 7.54. The zero-order valence-corrected chi connectivity index (χ0v) is 12.4. The smallest absolute Gasteiger partial charge is 0.249 e. The first-order chi connectivity index (χ1) is 10.2. The van der Waals surface area contributed by atoms with Crippen molar-refractivity contribution in [2.75, 3.05) is 11.9 Å². The van der Waals surface area contributed by atoms with Crippen molar-refractivity contribution in [2.24, 2.45) is 0 Å². The number of aromatic nitrogens is 3. The summed E-state index contributed by atoms with van der Waals surface area (Å²) in [5.74, 6) is -0.112. The highest BCUT2D eigenvalue weighted by atomic mass is 16.2. The molecule has 1 aromatic carbocycles. The van der Waals surface area contributed by atoms with E-state index in [2.05, 4.69) is 27.9 Å². The van der Waals surface area contributed by atoms with Crippen LogP contribution in [0.2, 0.25) is 0 Å². The highest BCUT2D eigenvalue weighted by molar-refractivity contribution is 5.93. The van der Waals surface area contributed by atoms with Gasteiger partial charge in [0.15, 0.2) is 0 Å². The molecule has 21 heavy (non-hydrogen) atoms. The summed E-state index contributed by atoms with van der Waals surface area (Å²) in [7, 11) is 0. The van der Waals surface area contributed by atoms with Gasteiger partial charge in [-0.1, -0.05) is 30.3 Å². The van der Waals surface area contributed by atoms with Crippen LogP contribution in [0.25, 0.3) is 0 Å². The molecule has 0 saturated heterocycles. The summed E-state index contributed by atoms with van der Waals surface area (Å²) in [5.41, 5.74) is 1.61. The number of carbonyl (C=O) groups excluding carboxylic acids is 1. The Balaban J connectivity index is 1.93. The summed E-state index contributed by atoms with van der Waals surface area (Å²) >= 11 is 0. The second-order valence-corrected chi connectivity index (χ2v) is 4.90. The Morgan fingerprint density at radius 3 is 2.81 bits per heavy atom. The third kappa shape index (κ3) is 4.39. The van der Waals surface area contributed by atoms with Crippen LogP contribution in [0.4, 0.5) is 5.69 Å². The molecule has 0 bridgehead atoms. The van der Waals surface area contributed by atoms with Gasteiger partial charge in [-0.25, -0.2) is 4.68 Å². The lowest BCUT2D eigenvalue weighted by molar-refractivity contribution is -0.119. The zero-order valence-electron chi connectivity index (χ0n) is 12.4. The normalized spacial score (nSPS) is 12.1. The van der Waals surface area contributed by atoms with Gasteiger partial charge in [-0.15, -0.1) is 5.10 Å². The highest BCUT2D eigenvalue weighted by Gasteiger charge is 2.16. The van der Waals surface area contributed by atoms with Gasteiger partial charge in [0.25, 0.3) is 0 Å². The number of nitrogens with zero attached hydrogens (tertiary/aromatic N) is 3. The fourth-order valence-electron chi connectivity index (χ4n) is 1.87. The number of amides is 1. The van der Waals surface area contributed by atoms with Crippen LogP contribution in [0.3, 0.4) is 0 Å². The molecule has 1 amide bonds. The predicted molar refractivity (Wildman–Crippen MR) is 81.8 cm³/mol. The lowest BCUT2D eigenvalue weighted by Crippen LogP contribution is -2.24. The molecule has 2 aromatic rings. The van der Waals surface area contributed by atoms with Gasteiger partial charge in [0.2, 0.25) is 5.91 Å². The maximum absolute atomic E-state index is 12.2. The molecule has 1 heterocycles. The molecule has 0 radical (unpaired) electrons. The minimum Gasteiger partial charge on any atom is -0.324 e. The molecule has 1 unspecified atom stereocenters. The lowest BCUT2D eigenvalue weighted by Gasteiger charge is -2.11. The summed E-state index contributed by atoms with van der Waals surface area (Å²) in [5, 5.41) is 14.2. The molecule has 6 nitrogen and oxygen atoms in total. The molecule has 0 spiro atoms. The predicted octanol–water partition coefficient (Wildman–Crippen LogP) is 1.98. The van der Waals surface area contributed by atoms with Gasteiger partial charge in [0.1, 0.15) is 6.04 Å². The van der Waals surface area contributed by atoms with Crippen molar-refractivity contribution in [3.05, 3.63) is 42.2 Å². The zero-order chi connectivity index (χ0) is 15.1. The van der Waals surface area contributed by atoms with E-state index in [-0.39, 0.29) is 5.91 Å². The first-order valence-corrected chi connectivity index (χ1v) is 7.18. The van der Waals surface area contributed by atoms with Crippen LogP contribution in [0, 0.1) is 0 Å². The van der Waals surface area contributed by atoms with Crippen molar-refractivity contribution < 1.29 is 4.79 Å². The second-order valence-electron chi connectivity index (χ2n) is 4.90. The quantitative estimate of drug-likeness (QED) is 0.764. The molecule has 0 aliphatic rings. The minimum atomic E-state index is -0.405. The first kappa shape index (κ1) is 15.2. The number of rotatable bonds is 7. The maximum Gasteiger partial charge on any atom is 0.249 e. The molecule has 2 N–H and O–H groups in total. The van der Waals surface area contributed by atoms with E-state index in [4.69, 9.17) is 0 Å². The summed E-state index contributed by atoms with van der Waals surface area (Å²) in [6.07, 6.45) is 2.88. The summed E-state index contributed by atoms with van der Waals surface area (Å²) in [6.45, 7) is 5.52. The third-order valence-corrected chi connectivity index (χ3v) is 3.11. The number of hydrogen-bond acceptors (Lipinski definition) is 4. The van der Waals surface area contributed by atoms with Crippen LogP contribution in [0.5, 0.6) is 0 Å². The fourth-order valence-corrected chi connectivity index (χ4v) is 1.87. The van der Waals surface area contributed by atoms with Gasteiger partial charge in [0, 0.05) is 12.2 Å². The Hall–Kier alpha value is -2.21. The van der Waals surface area contributed by atoms with Gasteiger partial charge >= 0.3 is 0 Å². The average molecular weight is 287 g/mol. The minimum absolute atomic E-state index is 0.112. The van der Waals surface area contributed by atoms with Gasteiger partial charge in [-0.2, -0.15) is 0 Å². The number of hydrogen-bond donors (Lipinski definition) is 2. The Labute approximate surface area is 124 Å². The molecule has 0 aliphatic carbocycles. The van der Waals surface area contributed by atoms with E-state index in [9.17, 15) is 4.79 Å². The molecule has 0 saturated carbocycles. The van der Waals surface area contributed by atoms with Crippen LogP contribution >= 0.6 is 0 Å². The van der Waals surface area contributed by atoms with E-state index in [0.717, 1.165) is 24.3 Å². The molecule has 6 heteroatoms. The molecule has 0 fully saturated rings. The number of carbonyl (C=O) groups is 1. The van der Waals surface area contributed by atoms with Gasteiger partial charge in [0.05, 0.1) is 11.9 Å². The Morgan fingerprint density at radius 2 is 2.10 bits per heavy atom. The maximum atomic E-state index is 12.2. The fraction of sp³-hybridized carbons (Fsp3) is 0.400. The van der Waals surface area contributed by atoms with E-state index in [1.807, 2.05) is 30.3 Å². The SMILES string of the molecule is CCCNCc1cn(C(C)C(=O)Nc2ccccc2)nn1. The van der Waals surface area contributed by atoms with E-state index in [1.54, 1.807) is 17.8 Å². The summed E-state index contributed by atoms with van der Waals surface area (Å²) < 4.78 is 1.58. The van der Waals surface area contributed by atoms with Gasteiger partial charge in [-0.05, 0) is 32.0 Å². The molecular formula is C15H21N5O. The van der Waals surface area contributed by atoms with Gasteiger partial charge < -0.3 is 10.6 Å². The molecule has 2 rings (SSSR count). The van der Waals surface area contributed by atoms with Crippen molar-refractivity contribution in [3.8, 4) is 0 Å². The van der Waals surface area contributed by atoms with Crippen molar-refractivity contribution in [3.63, 3.8) is 0 Å². The average Bonchev–Trinajstić information content (AvgIpc) is 2.96. The van der Waals surface area contributed by atoms with Gasteiger partial charge in [-0.3, -0.25) is 4.79 Å². The molecule has 112 valence electrons. The van der Waals surface area contributed by atoms with E-state index < -0.39 is 6.04 Å².